The van der Waals surface area contributed by atoms with E-state index in [1.165, 1.54) is 11.6 Å². The van der Waals surface area contributed by atoms with Crippen LogP contribution in [0.1, 0.15) is 62.3 Å². The number of carbonyl (C=O) groups is 1. The maximum Gasteiger partial charge on any atom is 0.410 e. The van der Waals surface area contributed by atoms with E-state index in [1.54, 1.807) is 4.90 Å². The molecule has 0 saturated carbocycles. The molecule has 2 atom stereocenters. The van der Waals surface area contributed by atoms with Gasteiger partial charge in [-0.05, 0) is 71.6 Å². The number of piperidine rings is 1. The maximum absolute atomic E-state index is 14.1. The van der Waals surface area contributed by atoms with Gasteiger partial charge >= 0.3 is 6.09 Å². The molecule has 0 spiro atoms. The standard InChI is InChI=1S/C33H40F2N2O3/c1-32(2,3)26-11-7-12-27(20-26)33(36-21-29(38)15-13-25-19-28(34)14-16-30(25)35)17-8-18-37(23-33)31(39)40-22-24-9-5-4-6-10-24/h4-7,9-12,14,16,19-20,29,36,38H,8,13,15,17-18,21-23H2,1-3H3. The van der Waals surface area contributed by atoms with Crippen molar-refractivity contribution in [3.8, 4) is 0 Å². The zero-order chi connectivity index (χ0) is 28.8. The van der Waals surface area contributed by atoms with Crippen molar-refractivity contribution in [1.29, 1.82) is 0 Å². The zero-order valence-corrected chi connectivity index (χ0v) is 23.6. The van der Waals surface area contributed by atoms with E-state index in [2.05, 4.69) is 44.3 Å². The van der Waals surface area contributed by atoms with E-state index in [0.29, 0.717) is 13.1 Å². The third-order valence-corrected chi connectivity index (χ3v) is 7.67. The second-order valence-electron chi connectivity index (χ2n) is 11.8. The average molecular weight is 551 g/mol. The molecule has 1 aliphatic rings. The molecule has 0 aromatic heterocycles. The number of aliphatic hydroxyl groups is 1. The van der Waals surface area contributed by atoms with E-state index in [4.69, 9.17) is 4.74 Å². The van der Waals surface area contributed by atoms with Gasteiger partial charge in [-0.1, -0.05) is 75.4 Å². The molecule has 0 bridgehead atoms. The molecule has 0 radical (unpaired) electrons. The summed E-state index contributed by atoms with van der Waals surface area (Å²) in [6, 6.07) is 21.4. The number of ether oxygens (including phenoxy) is 1. The molecule has 3 aromatic rings. The number of halogens is 2. The average Bonchev–Trinajstić information content (AvgIpc) is 2.95. The Morgan fingerprint density at radius 2 is 1.85 bits per heavy atom. The molecule has 0 aliphatic carbocycles. The van der Waals surface area contributed by atoms with Crippen molar-refractivity contribution in [2.45, 2.75) is 70.1 Å². The second kappa shape index (κ2) is 12.9. The van der Waals surface area contributed by atoms with Crippen LogP contribution < -0.4 is 5.32 Å². The summed E-state index contributed by atoms with van der Waals surface area (Å²) in [6.07, 6.45) is 0.867. The Bertz CT molecular complexity index is 1280. The Labute approximate surface area is 236 Å². The Hall–Kier alpha value is -3.29. The minimum atomic E-state index is -0.786. The number of aryl methyl sites for hydroxylation is 1. The molecule has 2 unspecified atom stereocenters. The van der Waals surface area contributed by atoms with Crippen LogP contribution in [0, 0.1) is 11.6 Å². The summed E-state index contributed by atoms with van der Waals surface area (Å²) in [5.74, 6) is -0.975. The first-order valence-electron chi connectivity index (χ1n) is 14.0. The fraction of sp³-hybridized carbons (Fsp3) is 0.424. The molecule has 214 valence electrons. The van der Waals surface area contributed by atoms with Crippen molar-refractivity contribution >= 4 is 6.09 Å². The number of hydrogen-bond acceptors (Lipinski definition) is 4. The van der Waals surface area contributed by atoms with Crippen LogP contribution in [0.25, 0.3) is 0 Å². The van der Waals surface area contributed by atoms with E-state index >= 15 is 0 Å². The molecule has 1 aliphatic heterocycles. The van der Waals surface area contributed by atoms with E-state index in [0.717, 1.165) is 36.1 Å². The predicted molar refractivity (Wildman–Crippen MR) is 153 cm³/mol. The van der Waals surface area contributed by atoms with Crippen LogP contribution in [-0.2, 0) is 28.7 Å². The third-order valence-electron chi connectivity index (χ3n) is 7.67. The van der Waals surface area contributed by atoms with Crippen LogP contribution in [0.4, 0.5) is 13.6 Å². The van der Waals surface area contributed by atoms with Gasteiger partial charge in [0, 0.05) is 19.6 Å². The minimum absolute atomic E-state index is 0.0608. The van der Waals surface area contributed by atoms with Gasteiger partial charge in [-0.25, -0.2) is 13.6 Å². The van der Waals surface area contributed by atoms with Crippen molar-refractivity contribution in [3.63, 3.8) is 0 Å². The largest absolute Gasteiger partial charge is 0.445 e. The fourth-order valence-corrected chi connectivity index (χ4v) is 5.26. The summed E-state index contributed by atoms with van der Waals surface area (Å²) >= 11 is 0. The maximum atomic E-state index is 14.1. The molecule has 1 saturated heterocycles. The summed E-state index contributed by atoms with van der Waals surface area (Å²) in [6.45, 7) is 7.90. The first kappa shape index (κ1) is 29.7. The molecule has 7 heteroatoms. The lowest BCUT2D eigenvalue weighted by Gasteiger charge is -2.44. The SMILES string of the molecule is CC(C)(C)c1cccc(C2(NCC(O)CCc3cc(F)ccc3F)CCCN(C(=O)OCc3ccccc3)C2)c1. The normalized spacial score (nSPS) is 18.4. The van der Waals surface area contributed by atoms with E-state index < -0.39 is 23.3 Å². The van der Waals surface area contributed by atoms with Gasteiger partial charge in [-0.15, -0.1) is 0 Å². The molecule has 3 aromatic carbocycles. The third kappa shape index (κ3) is 7.67. The number of nitrogens with one attached hydrogen (secondary N) is 1. The fourth-order valence-electron chi connectivity index (χ4n) is 5.26. The van der Waals surface area contributed by atoms with Crippen LogP contribution >= 0.6 is 0 Å². The van der Waals surface area contributed by atoms with E-state index in [9.17, 15) is 18.7 Å². The quantitative estimate of drug-likeness (QED) is 0.320. The Morgan fingerprint density at radius 3 is 2.60 bits per heavy atom. The number of rotatable bonds is 9. The smallest absolute Gasteiger partial charge is 0.410 e. The molecule has 1 amide bonds. The van der Waals surface area contributed by atoms with Gasteiger partial charge in [0.25, 0.3) is 0 Å². The van der Waals surface area contributed by atoms with E-state index in [1.807, 2.05) is 36.4 Å². The summed E-state index contributed by atoms with van der Waals surface area (Å²) in [7, 11) is 0. The van der Waals surface area contributed by atoms with Crippen LogP contribution in [0.2, 0.25) is 0 Å². The van der Waals surface area contributed by atoms with Crippen molar-refractivity contribution in [1.82, 2.24) is 10.2 Å². The van der Waals surface area contributed by atoms with Gasteiger partial charge in [-0.2, -0.15) is 0 Å². The zero-order valence-electron chi connectivity index (χ0n) is 23.6. The lowest BCUT2D eigenvalue weighted by atomic mass is 9.78. The van der Waals surface area contributed by atoms with Gasteiger partial charge in [0.1, 0.15) is 18.2 Å². The topological polar surface area (TPSA) is 61.8 Å². The number of nitrogens with zero attached hydrogens (tertiary/aromatic N) is 1. The van der Waals surface area contributed by atoms with Gasteiger partial charge < -0.3 is 20.1 Å². The van der Waals surface area contributed by atoms with Crippen LogP contribution in [0.3, 0.4) is 0 Å². The number of aliphatic hydroxyl groups excluding tert-OH is 1. The van der Waals surface area contributed by atoms with Gasteiger partial charge in [-0.3, -0.25) is 0 Å². The highest BCUT2D eigenvalue weighted by molar-refractivity contribution is 5.68. The number of amides is 1. The van der Waals surface area contributed by atoms with E-state index in [-0.39, 0.29) is 43.1 Å². The lowest BCUT2D eigenvalue weighted by Crippen LogP contribution is -2.57. The number of likely N-dealkylation sites (tertiary alicyclic amines) is 1. The summed E-state index contributed by atoms with van der Waals surface area (Å²) in [4.78, 5) is 14.9. The molecule has 5 nitrogen and oxygen atoms in total. The molecule has 1 heterocycles. The van der Waals surface area contributed by atoms with Crippen LogP contribution in [0.15, 0.2) is 72.8 Å². The Morgan fingerprint density at radius 1 is 1.07 bits per heavy atom. The van der Waals surface area contributed by atoms with Crippen molar-refractivity contribution < 1.29 is 23.4 Å². The number of hydrogen-bond donors (Lipinski definition) is 2. The highest BCUT2D eigenvalue weighted by atomic mass is 19.1. The molecule has 1 fully saturated rings. The van der Waals surface area contributed by atoms with Gasteiger partial charge in [0.05, 0.1) is 11.6 Å². The predicted octanol–water partition coefficient (Wildman–Crippen LogP) is 6.47. The summed E-state index contributed by atoms with van der Waals surface area (Å²) < 4.78 is 33.3. The lowest BCUT2D eigenvalue weighted by molar-refractivity contribution is 0.0586. The molecule has 4 rings (SSSR count). The molecular weight excluding hydrogens is 510 g/mol. The van der Waals surface area contributed by atoms with Crippen LogP contribution in [-0.4, -0.2) is 41.8 Å². The number of benzene rings is 3. The second-order valence-corrected chi connectivity index (χ2v) is 11.8. The minimum Gasteiger partial charge on any atom is -0.445 e. The van der Waals surface area contributed by atoms with Crippen molar-refractivity contribution in [2.24, 2.45) is 0 Å². The first-order valence-corrected chi connectivity index (χ1v) is 14.0. The molecular formula is C33H40F2N2O3. The van der Waals surface area contributed by atoms with Crippen LogP contribution in [0.5, 0.6) is 0 Å². The Kier molecular flexibility index (Phi) is 9.59. The summed E-state index contributed by atoms with van der Waals surface area (Å²) in [5, 5.41) is 14.4. The number of carbonyl (C=O) groups excluding carboxylic acids is 1. The molecule has 40 heavy (non-hydrogen) atoms. The highest BCUT2D eigenvalue weighted by Gasteiger charge is 2.39. The van der Waals surface area contributed by atoms with Gasteiger partial charge in [0.2, 0.25) is 0 Å². The highest BCUT2D eigenvalue weighted by Crippen LogP contribution is 2.35. The Balaban J connectivity index is 1.50. The van der Waals surface area contributed by atoms with Gasteiger partial charge in [0.15, 0.2) is 0 Å². The molecule has 2 N–H and O–H groups in total. The van der Waals surface area contributed by atoms with Crippen molar-refractivity contribution in [2.75, 3.05) is 19.6 Å². The first-order chi connectivity index (χ1) is 19.1. The summed E-state index contributed by atoms with van der Waals surface area (Å²) in [5.41, 5.74) is 2.73. The van der Waals surface area contributed by atoms with Crippen molar-refractivity contribution in [3.05, 3.63) is 107 Å². The monoisotopic (exact) mass is 550 g/mol.